The number of aliphatic imine (C=N–C) groups is 1. The molecule has 12 heteroatoms. The SMILES string of the molecule is COC(=O)/N=C(/NC(=O)OC)Nc1cc(S(=O)(=O)c2ccccc2)ccc1NC(=O)Cc1ccccc1. The number of amides is 3. The van der Waals surface area contributed by atoms with E-state index >= 15 is 0 Å². The second kappa shape index (κ2) is 12.3. The molecular weight excluding hydrogens is 500 g/mol. The zero-order valence-electron chi connectivity index (χ0n) is 19.9. The van der Waals surface area contributed by atoms with Crippen molar-refractivity contribution in [3.05, 3.63) is 84.4 Å². The molecule has 0 aliphatic rings. The number of methoxy groups -OCH3 is 2. The lowest BCUT2D eigenvalue weighted by molar-refractivity contribution is -0.115. The van der Waals surface area contributed by atoms with Crippen LogP contribution in [0.4, 0.5) is 21.0 Å². The molecule has 3 amide bonds. The van der Waals surface area contributed by atoms with Gasteiger partial charge >= 0.3 is 12.2 Å². The lowest BCUT2D eigenvalue weighted by atomic mass is 10.1. The van der Waals surface area contributed by atoms with Gasteiger partial charge in [-0.3, -0.25) is 10.1 Å². The molecule has 0 saturated carbocycles. The number of sulfone groups is 1. The number of hydrogen-bond acceptors (Lipinski definition) is 7. The first kappa shape index (κ1) is 26.9. The number of nitrogens with zero attached hydrogens (tertiary/aromatic N) is 1. The first-order valence-electron chi connectivity index (χ1n) is 10.8. The molecule has 0 radical (unpaired) electrons. The fourth-order valence-corrected chi connectivity index (χ4v) is 4.42. The Kier molecular flexibility index (Phi) is 8.95. The molecule has 192 valence electrons. The summed E-state index contributed by atoms with van der Waals surface area (Å²) in [5, 5.41) is 7.58. The van der Waals surface area contributed by atoms with Crippen LogP contribution in [0.1, 0.15) is 5.56 Å². The number of benzene rings is 3. The number of carbonyl (C=O) groups is 3. The minimum absolute atomic E-state index is 0.0254. The summed E-state index contributed by atoms with van der Waals surface area (Å²) in [7, 11) is -1.75. The van der Waals surface area contributed by atoms with Crippen molar-refractivity contribution in [2.75, 3.05) is 24.9 Å². The highest BCUT2D eigenvalue weighted by atomic mass is 32.2. The van der Waals surface area contributed by atoms with Crippen LogP contribution < -0.4 is 16.0 Å². The van der Waals surface area contributed by atoms with Crippen LogP contribution in [0.5, 0.6) is 0 Å². The van der Waals surface area contributed by atoms with Crippen LogP contribution >= 0.6 is 0 Å². The largest absolute Gasteiger partial charge is 0.453 e. The van der Waals surface area contributed by atoms with Gasteiger partial charge in [-0.05, 0) is 35.9 Å². The molecule has 37 heavy (non-hydrogen) atoms. The molecule has 0 saturated heterocycles. The van der Waals surface area contributed by atoms with E-state index in [0.29, 0.717) is 0 Å². The third-order valence-electron chi connectivity index (χ3n) is 4.87. The Balaban J connectivity index is 2.02. The lowest BCUT2D eigenvalue weighted by Gasteiger charge is -2.16. The standard InChI is InChI=1S/C25H24N4O7S/c1-35-24(31)28-23(29-25(32)36-2)27-21-16-19(37(33,34)18-11-7-4-8-12-18)13-14-20(21)26-22(30)15-17-9-5-3-6-10-17/h3-14,16H,15H2,1-2H3,(H,26,30)(H2,27,28,29,31,32). The summed E-state index contributed by atoms with van der Waals surface area (Å²) in [6.07, 6.45) is -1.96. The van der Waals surface area contributed by atoms with Gasteiger partial charge in [-0.1, -0.05) is 48.5 Å². The van der Waals surface area contributed by atoms with Gasteiger partial charge in [-0.15, -0.1) is 4.99 Å². The van der Waals surface area contributed by atoms with E-state index in [4.69, 9.17) is 0 Å². The molecule has 0 aliphatic heterocycles. The van der Waals surface area contributed by atoms with E-state index < -0.39 is 28.0 Å². The maximum absolute atomic E-state index is 13.2. The van der Waals surface area contributed by atoms with Gasteiger partial charge in [0.25, 0.3) is 0 Å². The molecule has 0 spiro atoms. The van der Waals surface area contributed by atoms with Crippen molar-refractivity contribution in [3.63, 3.8) is 0 Å². The van der Waals surface area contributed by atoms with Gasteiger partial charge in [0.1, 0.15) is 0 Å². The van der Waals surface area contributed by atoms with Gasteiger partial charge in [-0.25, -0.2) is 18.0 Å². The number of ether oxygens (including phenoxy) is 2. The first-order valence-corrected chi connectivity index (χ1v) is 12.3. The zero-order valence-corrected chi connectivity index (χ0v) is 20.7. The Morgan fingerprint density at radius 1 is 0.784 bits per heavy atom. The molecule has 3 aromatic rings. The molecule has 0 fully saturated rings. The summed E-state index contributed by atoms with van der Waals surface area (Å²) in [6, 6.07) is 20.7. The summed E-state index contributed by atoms with van der Waals surface area (Å²) < 4.78 is 35.4. The van der Waals surface area contributed by atoms with Crippen molar-refractivity contribution < 1.29 is 32.3 Å². The number of hydrogen-bond donors (Lipinski definition) is 3. The van der Waals surface area contributed by atoms with Crippen molar-refractivity contribution in [1.82, 2.24) is 5.32 Å². The van der Waals surface area contributed by atoms with Crippen LogP contribution in [0.2, 0.25) is 0 Å². The van der Waals surface area contributed by atoms with Gasteiger partial charge in [0.2, 0.25) is 21.7 Å². The molecule has 3 rings (SSSR count). The van der Waals surface area contributed by atoms with Crippen molar-refractivity contribution >= 4 is 45.3 Å². The second-order valence-electron chi connectivity index (χ2n) is 7.41. The molecule has 0 unspecified atom stereocenters. The van der Waals surface area contributed by atoms with Gasteiger partial charge < -0.3 is 20.1 Å². The van der Waals surface area contributed by atoms with E-state index in [0.717, 1.165) is 19.8 Å². The highest BCUT2D eigenvalue weighted by molar-refractivity contribution is 7.91. The lowest BCUT2D eigenvalue weighted by Crippen LogP contribution is -2.37. The minimum atomic E-state index is -3.94. The maximum atomic E-state index is 13.2. The van der Waals surface area contributed by atoms with Crippen LogP contribution in [0, 0.1) is 0 Å². The van der Waals surface area contributed by atoms with Crippen LogP contribution in [0.3, 0.4) is 0 Å². The Hall–Kier alpha value is -4.71. The predicted octanol–water partition coefficient (Wildman–Crippen LogP) is 3.59. The second-order valence-corrected chi connectivity index (χ2v) is 9.36. The molecule has 3 aromatic carbocycles. The smallest absolute Gasteiger partial charge is 0.436 e. The number of nitrogens with one attached hydrogen (secondary N) is 3. The van der Waals surface area contributed by atoms with Crippen LogP contribution in [-0.4, -0.2) is 46.7 Å². The number of rotatable bonds is 6. The minimum Gasteiger partial charge on any atom is -0.453 e. The highest BCUT2D eigenvalue weighted by Crippen LogP contribution is 2.29. The van der Waals surface area contributed by atoms with E-state index in [1.807, 2.05) is 6.07 Å². The Labute approximate surface area is 213 Å². The van der Waals surface area contributed by atoms with E-state index in [1.165, 1.54) is 30.3 Å². The molecular formula is C25H24N4O7S. The number of alkyl carbamates (subject to hydrolysis) is 1. The Morgan fingerprint density at radius 3 is 2.05 bits per heavy atom. The molecule has 0 atom stereocenters. The Bertz CT molecular complexity index is 1410. The molecule has 3 N–H and O–H groups in total. The summed E-state index contributed by atoms with van der Waals surface area (Å²) >= 11 is 0. The van der Waals surface area contributed by atoms with Gasteiger partial charge in [0.15, 0.2) is 0 Å². The summed E-state index contributed by atoms with van der Waals surface area (Å²) in [6.45, 7) is 0. The Morgan fingerprint density at radius 2 is 1.43 bits per heavy atom. The summed E-state index contributed by atoms with van der Waals surface area (Å²) in [5.41, 5.74) is 0.952. The predicted molar refractivity (Wildman–Crippen MR) is 136 cm³/mol. The topological polar surface area (TPSA) is 152 Å². The fourth-order valence-electron chi connectivity index (χ4n) is 3.11. The quantitative estimate of drug-likeness (QED) is 0.327. The molecule has 0 heterocycles. The van der Waals surface area contributed by atoms with Crippen LogP contribution in [0.15, 0.2) is 93.6 Å². The number of guanidine groups is 1. The summed E-state index contributed by atoms with van der Waals surface area (Å²) in [4.78, 5) is 39.8. The molecule has 11 nitrogen and oxygen atoms in total. The van der Waals surface area contributed by atoms with Crippen molar-refractivity contribution in [1.29, 1.82) is 0 Å². The average Bonchev–Trinajstić information content (AvgIpc) is 2.90. The van der Waals surface area contributed by atoms with Gasteiger partial charge in [-0.2, -0.15) is 0 Å². The third-order valence-corrected chi connectivity index (χ3v) is 6.64. The van der Waals surface area contributed by atoms with Crippen LogP contribution in [-0.2, 0) is 30.5 Å². The van der Waals surface area contributed by atoms with Gasteiger partial charge in [0, 0.05) is 0 Å². The van der Waals surface area contributed by atoms with Gasteiger partial charge in [0.05, 0.1) is 41.8 Å². The number of carbonyl (C=O) groups excluding carboxylic acids is 3. The molecule has 0 aromatic heterocycles. The molecule has 0 aliphatic carbocycles. The normalized spacial score (nSPS) is 11.2. The monoisotopic (exact) mass is 524 g/mol. The first-order chi connectivity index (χ1) is 17.7. The zero-order chi connectivity index (χ0) is 26.8. The van der Waals surface area contributed by atoms with Crippen molar-refractivity contribution in [3.8, 4) is 0 Å². The summed E-state index contributed by atoms with van der Waals surface area (Å²) in [5.74, 6) is -0.813. The maximum Gasteiger partial charge on any atom is 0.436 e. The van der Waals surface area contributed by atoms with E-state index in [-0.39, 0.29) is 33.5 Å². The van der Waals surface area contributed by atoms with E-state index in [9.17, 15) is 22.8 Å². The fraction of sp³-hybridized carbons (Fsp3) is 0.120. The number of anilines is 2. The van der Waals surface area contributed by atoms with E-state index in [2.05, 4.69) is 30.4 Å². The highest BCUT2D eigenvalue weighted by Gasteiger charge is 2.21. The molecule has 0 bridgehead atoms. The third kappa shape index (κ3) is 7.39. The van der Waals surface area contributed by atoms with E-state index in [1.54, 1.807) is 42.5 Å². The van der Waals surface area contributed by atoms with Crippen molar-refractivity contribution in [2.24, 2.45) is 4.99 Å². The van der Waals surface area contributed by atoms with Crippen molar-refractivity contribution in [2.45, 2.75) is 16.2 Å². The average molecular weight is 525 g/mol. The van der Waals surface area contributed by atoms with Crippen LogP contribution in [0.25, 0.3) is 0 Å².